The Morgan fingerprint density at radius 1 is 1.26 bits per heavy atom. The lowest BCUT2D eigenvalue weighted by Crippen LogP contribution is -2.48. The molecule has 1 aliphatic rings. The maximum absolute atomic E-state index is 8.63. The Balaban J connectivity index is 2.12. The molecule has 0 unspecified atom stereocenters. The number of aliphatic hydroxyl groups is 1. The van der Waals surface area contributed by atoms with Gasteiger partial charge in [-0.25, -0.2) is 0 Å². The molecule has 0 bridgehead atoms. The van der Waals surface area contributed by atoms with Crippen molar-refractivity contribution < 1.29 is 9.84 Å². The molecule has 1 saturated heterocycles. The third-order valence-electron chi connectivity index (χ3n) is 2.96. The van der Waals surface area contributed by atoms with Crippen LogP contribution in [0.2, 0.25) is 0 Å². The molecule has 0 aliphatic carbocycles. The van der Waals surface area contributed by atoms with E-state index in [0.717, 1.165) is 42.8 Å². The molecule has 1 rings (SSSR count). The summed E-state index contributed by atoms with van der Waals surface area (Å²) >= 11 is 7.27. The molecule has 1 aliphatic heterocycles. The summed E-state index contributed by atoms with van der Waals surface area (Å²) in [6.07, 6.45) is 0. The van der Waals surface area contributed by atoms with Crippen molar-refractivity contribution in [3.63, 3.8) is 0 Å². The number of hydrogen-bond donors (Lipinski definition) is 1. The third-order valence-corrected chi connectivity index (χ3v) is 4.91. The van der Waals surface area contributed by atoms with Gasteiger partial charge >= 0.3 is 0 Å². The molecule has 0 aromatic carbocycles. The van der Waals surface area contributed by atoms with Crippen LogP contribution in [-0.2, 0) is 4.74 Å². The Bertz CT molecular complexity index is 257. The first-order chi connectivity index (χ1) is 9.13. The molecule has 6 heteroatoms. The van der Waals surface area contributed by atoms with Crippen LogP contribution in [0.5, 0.6) is 0 Å². The lowest BCUT2D eigenvalue weighted by molar-refractivity contribution is 0.0656. The van der Waals surface area contributed by atoms with Gasteiger partial charge in [0.25, 0.3) is 0 Å². The average molecular weight is 306 g/mol. The maximum atomic E-state index is 8.63. The van der Waals surface area contributed by atoms with Gasteiger partial charge < -0.3 is 14.7 Å². The molecule has 0 aromatic heterocycles. The summed E-state index contributed by atoms with van der Waals surface area (Å²) in [5, 5.41) is 8.63. The number of nitrogens with zero attached hydrogens (tertiary/aromatic N) is 2. The van der Waals surface area contributed by atoms with Crippen LogP contribution in [0.1, 0.15) is 13.8 Å². The number of thiocarbonyl (C=S) groups is 1. The molecule has 1 N–H and O–H groups in total. The molecule has 0 atom stereocenters. The zero-order chi connectivity index (χ0) is 14.1. The van der Waals surface area contributed by atoms with Gasteiger partial charge in [0, 0.05) is 38.5 Å². The normalized spacial score (nSPS) is 17.2. The SMILES string of the molecule is CC(C)CSC(=S)N1CCN(CCOCCO)CC1. The first-order valence-corrected chi connectivity index (χ1v) is 8.35. The van der Waals surface area contributed by atoms with Crippen LogP contribution >= 0.6 is 24.0 Å². The predicted octanol–water partition coefficient (Wildman–Crippen LogP) is 1.29. The first-order valence-electron chi connectivity index (χ1n) is 6.96. The summed E-state index contributed by atoms with van der Waals surface area (Å²) in [6.45, 7) is 10.8. The van der Waals surface area contributed by atoms with Crippen molar-refractivity contribution in [3.05, 3.63) is 0 Å². The van der Waals surface area contributed by atoms with Crippen molar-refractivity contribution >= 4 is 28.3 Å². The quantitative estimate of drug-likeness (QED) is 0.564. The fourth-order valence-electron chi connectivity index (χ4n) is 1.84. The molecule has 4 nitrogen and oxygen atoms in total. The highest BCUT2D eigenvalue weighted by molar-refractivity contribution is 8.22. The van der Waals surface area contributed by atoms with Gasteiger partial charge in [0.15, 0.2) is 0 Å². The van der Waals surface area contributed by atoms with E-state index in [0.29, 0.717) is 19.1 Å². The second kappa shape index (κ2) is 9.94. The topological polar surface area (TPSA) is 35.9 Å². The molecule has 0 radical (unpaired) electrons. The number of rotatable bonds is 7. The number of hydrogen-bond acceptors (Lipinski definition) is 5. The molecule has 0 saturated carbocycles. The number of piperazine rings is 1. The number of ether oxygens (including phenoxy) is 1. The van der Waals surface area contributed by atoms with Crippen LogP contribution in [0.25, 0.3) is 0 Å². The van der Waals surface area contributed by atoms with Crippen LogP contribution in [0.4, 0.5) is 0 Å². The summed E-state index contributed by atoms with van der Waals surface area (Å²) in [6, 6.07) is 0. The lowest BCUT2D eigenvalue weighted by atomic mass is 10.3. The van der Waals surface area contributed by atoms with Crippen molar-refractivity contribution in [2.45, 2.75) is 13.8 Å². The fourth-order valence-corrected chi connectivity index (χ4v) is 3.07. The Kier molecular flexibility index (Phi) is 8.98. The molecule has 0 spiro atoms. The zero-order valence-electron chi connectivity index (χ0n) is 12.0. The Labute approximate surface area is 126 Å². The molecule has 112 valence electrons. The van der Waals surface area contributed by atoms with E-state index in [1.54, 1.807) is 11.8 Å². The van der Waals surface area contributed by atoms with Gasteiger partial charge in [0.2, 0.25) is 0 Å². The molecular weight excluding hydrogens is 280 g/mol. The Morgan fingerprint density at radius 3 is 2.53 bits per heavy atom. The third kappa shape index (κ3) is 7.46. The fraction of sp³-hybridized carbons (Fsp3) is 0.923. The van der Waals surface area contributed by atoms with E-state index in [2.05, 4.69) is 23.6 Å². The van der Waals surface area contributed by atoms with Gasteiger partial charge in [0.1, 0.15) is 4.32 Å². The maximum Gasteiger partial charge on any atom is 0.136 e. The smallest absolute Gasteiger partial charge is 0.136 e. The summed E-state index contributed by atoms with van der Waals surface area (Å²) in [4.78, 5) is 4.71. The van der Waals surface area contributed by atoms with E-state index in [9.17, 15) is 0 Å². The van der Waals surface area contributed by atoms with Crippen LogP contribution in [0.15, 0.2) is 0 Å². The minimum Gasteiger partial charge on any atom is -0.394 e. The highest BCUT2D eigenvalue weighted by Crippen LogP contribution is 2.15. The van der Waals surface area contributed by atoms with Crippen LogP contribution < -0.4 is 0 Å². The average Bonchev–Trinajstić information content (AvgIpc) is 2.41. The second-order valence-electron chi connectivity index (χ2n) is 5.14. The van der Waals surface area contributed by atoms with Gasteiger partial charge in [-0.15, -0.1) is 0 Å². The summed E-state index contributed by atoms with van der Waals surface area (Å²) < 4.78 is 6.34. The van der Waals surface area contributed by atoms with Crippen LogP contribution in [0.3, 0.4) is 0 Å². The van der Waals surface area contributed by atoms with E-state index in [4.69, 9.17) is 22.1 Å². The van der Waals surface area contributed by atoms with Gasteiger partial charge in [-0.1, -0.05) is 37.8 Å². The van der Waals surface area contributed by atoms with Crippen molar-refractivity contribution in [2.24, 2.45) is 5.92 Å². The molecule has 0 amide bonds. The monoisotopic (exact) mass is 306 g/mol. The van der Waals surface area contributed by atoms with Crippen LogP contribution in [0, 0.1) is 5.92 Å². The van der Waals surface area contributed by atoms with Crippen molar-refractivity contribution in [1.29, 1.82) is 0 Å². The van der Waals surface area contributed by atoms with E-state index in [1.165, 1.54) is 0 Å². The first kappa shape index (κ1) is 17.2. The number of aliphatic hydroxyl groups excluding tert-OH is 1. The predicted molar refractivity (Wildman–Crippen MR) is 85.8 cm³/mol. The summed E-state index contributed by atoms with van der Waals surface area (Å²) in [7, 11) is 0. The van der Waals surface area contributed by atoms with Crippen molar-refractivity contribution in [3.8, 4) is 0 Å². The standard InChI is InChI=1S/C13H26N2O2S2/c1-12(2)11-19-13(18)15-5-3-14(4-6-15)7-9-17-10-8-16/h12,16H,3-11H2,1-2H3. The molecule has 0 aromatic rings. The van der Waals surface area contributed by atoms with E-state index < -0.39 is 0 Å². The van der Waals surface area contributed by atoms with Gasteiger partial charge in [0.05, 0.1) is 19.8 Å². The van der Waals surface area contributed by atoms with E-state index >= 15 is 0 Å². The van der Waals surface area contributed by atoms with Gasteiger partial charge in [-0.3, -0.25) is 4.90 Å². The largest absolute Gasteiger partial charge is 0.394 e. The van der Waals surface area contributed by atoms with E-state index in [-0.39, 0.29) is 6.61 Å². The zero-order valence-corrected chi connectivity index (χ0v) is 13.6. The number of thioether (sulfide) groups is 1. The Morgan fingerprint density at radius 2 is 1.95 bits per heavy atom. The molecular formula is C13H26N2O2S2. The van der Waals surface area contributed by atoms with Crippen molar-refractivity contribution in [2.75, 3.05) is 58.3 Å². The minimum absolute atomic E-state index is 0.106. The van der Waals surface area contributed by atoms with Crippen molar-refractivity contribution in [1.82, 2.24) is 9.80 Å². The second-order valence-corrected chi connectivity index (χ2v) is 6.79. The summed E-state index contributed by atoms with van der Waals surface area (Å²) in [5.41, 5.74) is 0. The Hall–Kier alpha value is 0.120. The minimum atomic E-state index is 0.106. The highest BCUT2D eigenvalue weighted by Gasteiger charge is 2.18. The molecule has 19 heavy (non-hydrogen) atoms. The van der Waals surface area contributed by atoms with Gasteiger partial charge in [-0.05, 0) is 5.92 Å². The molecule has 1 heterocycles. The lowest BCUT2D eigenvalue weighted by Gasteiger charge is -2.35. The van der Waals surface area contributed by atoms with E-state index in [1.807, 2.05) is 0 Å². The van der Waals surface area contributed by atoms with Gasteiger partial charge in [-0.2, -0.15) is 0 Å². The van der Waals surface area contributed by atoms with Crippen LogP contribution in [-0.4, -0.2) is 77.5 Å². The summed E-state index contributed by atoms with van der Waals surface area (Å²) in [5.74, 6) is 1.79. The highest BCUT2D eigenvalue weighted by atomic mass is 32.2. The molecule has 1 fully saturated rings.